The smallest absolute Gasteiger partial charge is 0.416 e. The van der Waals surface area contributed by atoms with Crippen molar-refractivity contribution >= 4 is 11.9 Å². The number of ether oxygens (including phenoxy) is 1. The first-order chi connectivity index (χ1) is 13.2. The standard InChI is InChI=1S/C20H23F3N2O3/c1-3-28-18(27)16-15(25-10-4-5-11-25)12-19(20(21,22)23,24-17(16)26)14-8-6-13(2)7-9-14/h6-9H,3-5,10-12H2,1-2H3,(H,24,26)/t19-/m0/s1. The van der Waals surface area contributed by atoms with Crippen molar-refractivity contribution in [1.29, 1.82) is 0 Å². The molecule has 152 valence electrons. The van der Waals surface area contributed by atoms with Gasteiger partial charge in [0.1, 0.15) is 5.57 Å². The summed E-state index contributed by atoms with van der Waals surface area (Å²) in [5.74, 6) is -1.94. The number of carbonyl (C=O) groups is 2. The summed E-state index contributed by atoms with van der Waals surface area (Å²) in [6.45, 7) is 4.41. The fourth-order valence-corrected chi connectivity index (χ4v) is 3.79. The Balaban J connectivity index is 2.16. The minimum atomic E-state index is -4.75. The van der Waals surface area contributed by atoms with Gasteiger partial charge < -0.3 is 15.0 Å². The second-order valence-electron chi connectivity index (χ2n) is 7.14. The lowest BCUT2D eigenvalue weighted by Gasteiger charge is -2.43. The number of amides is 1. The van der Waals surface area contributed by atoms with Crippen molar-refractivity contribution in [2.24, 2.45) is 0 Å². The summed E-state index contributed by atoms with van der Waals surface area (Å²) in [7, 11) is 0. The molecule has 1 aromatic rings. The van der Waals surface area contributed by atoms with Crippen molar-refractivity contribution in [2.75, 3.05) is 19.7 Å². The van der Waals surface area contributed by atoms with Gasteiger partial charge in [-0.25, -0.2) is 4.79 Å². The molecule has 1 fully saturated rings. The van der Waals surface area contributed by atoms with Crippen LogP contribution < -0.4 is 5.32 Å². The van der Waals surface area contributed by atoms with E-state index < -0.39 is 30.0 Å². The van der Waals surface area contributed by atoms with E-state index in [2.05, 4.69) is 5.32 Å². The Labute approximate surface area is 161 Å². The monoisotopic (exact) mass is 396 g/mol. The molecule has 2 aliphatic rings. The number of aryl methyl sites for hydroxylation is 1. The second kappa shape index (κ2) is 7.48. The minimum absolute atomic E-state index is 0.0330. The number of carbonyl (C=O) groups excluding carboxylic acids is 2. The number of halogens is 3. The summed E-state index contributed by atoms with van der Waals surface area (Å²) in [5.41, 5.74) is -2.05. The lowest BCUT2D eigenvalue weighted by Crippen LogP contribution is -2.60. The SMILES string of the molecule is CCOC(=O)C1=C(N2CCCC2)C[C@](c2ccc(C)cc2)(C(F)(F)F)NC1=O. The van der Waals surface area contributed by atoms with E-state index in [0.717, 1.165) is 18.4 Å². The van der Waals surface area contributed by atoms with Gasteiger partial charge in [-0.3, -0.25) is 4.79 Å². The quantitative estimate of drug-likeness (QED) is 0.627. The Morgan fingerprint density at radius 3 is 2.36 bits per heavy atom. The van der Waals surface area contributed by atoms with E-state index in [1.165, 1.54) is 12.1 Å². The number of hydrogen-bond acceptors (Lipinski definition) is 4. The molecule has 2 aliphatic heterocycles. The van der Waals surface area contributed by atoms with E-state index >= 15 is 0 Å². The molecule has 0 radical (unpaired) electrons. The van der Waals surface area contributed by atoms with Crippen LogP contribution in [-0.2, 0) is 19.9 Å². The molecule has 1 saturated heterocycles. The highest BCUT2D eigenvalue weighted by atomic mass is 19.4. The average Bonchev–Trinajstić information content (AvgIpc) is 3.15. The molecular weight excluding hydrogens is 373 g/mol. The van der Waals surface area contributed by atoms with Gasteiger partial charge in [0.2, 0.25) is 0 Å². The van der Waals surface area contributed by atoms with Crippen LogP contribution in [0.4, 0.5) is 13.2 Å². The van der Waals surface area contributed by atoms with Gasteiger partial charge in [-0.1, -0.05) is 29.8 Å². The summed E-state index contributed by atoms with van der Waals surface area (Å²) in [4.78, 5) is 26.9. The summed E-state index contributed by atoms with van der Waals surface area (Å²) >= 11 is 0. The molecule has 0 saturated carbocycles. The zero-order chi connectivity index (χ0) is 20.5. The van der Waals surface area contributed by atoms with Crippen LogP contribution in [0.15, 0.2) is 35.5 Å². The lowest BCUT2D eigenvalue weighted by atomic mass is 9.80. The maximum absolute atomic E-state index is 14.3. The lowest BCUT2D eigenvalue weighted by molar-refractivity contribution is -0.205. The molecule has 2 heterocycles. The minimum Gasteiger partial charge on any atom is -0.462 e. The molecule has 0 aliphatic carbocycles. The van der Waals surface area contributed by atoms with Crippen LogP contribution in [0, 0.1) is 6.92 Å². The number of hydrogen-bond donors (Lipinski definition) is 1. The van der Waals surface area contributed by atoms with E-state index in [1.54, 1.807) is 30.9 Å². The molecule has 1 N–H and O–H groups in total. The molecule has 3 rings (SSSR count). The number of nitrogens with zero attached hydrogens (tertiary/aromatic N) is 1. The maximum atomic E-state index is 14.3. The van der Waals surface area contributed by atoms with E-state index in [1.807, 2.05) is 0 Å². The number of esters is 1. The van der Waals surface area contributed by atoms with Crippen molar-refractivity contribution in [3.05, 3.63) is 46.7 Å². The molecule has 1 amide bonds. The summed E-state index contributed by atoms with van der Waals surface area (Å²) in [6.07, 6.45) is -3.70. The van der Waals surface area contributed by atoms with Gasteiger partial charge >= 0.3 is 12.1 Å². The van der Waals surface area contributed by atoms with E-state index in [4.69, 9.17) is 4.74 Å². The zero-order valence-electron chi connectivity index (χ0n) is 15.9. The van der Waals surface area contributed by atoms with Crippen LogP contribution in [0.25, 0.3) is 0 Å². The molecule has 1 aromatic carbocycles. The predicted molar refractivity (Wildman–Crippen MR) is 96.1 cm³/mol. The number of benzene rings is 1. The van der Waals surface area contributed by atoms with Gasteiger partial charge in [-0.2, -0.15) is 13.2 Å². The van der Waals surface area contributed by atoms with Crippen LogP contribution in [0.1, 0.15) is 37.3 Å². The molecule has 5 nitrogen and oxygen atoms in total. The van der Waals surface area contributed by atoms with Gasteiger partial charge in [0.15, 0.2) is 5.54 Å². The van der Waals surface area contributed by atoms with Gasteiger partial charge in [-0.05, 0) is 32.3 Å². The summed E-state index contributed by atoms with van der Waals surface area (Å²) in [5, 5.41) is 2.10. The van der Waals surface area contributed by atoms with Gasteiger partial charge in [-0.15, -0.1) is 0 Å². The molecule has 0 aromatic heterocycles. The fraction of sp³-hybridized carbons (Fsp3) is 0.500. The first-order valence-electron chi connectivity index (χ1n) is 9.31. The Bertz CT molecular complexity index is 796. The highest BCUT2D eigenvalue weighted by molar-refractivity contribution is 6.17. The molecule has 8 heteroatoms. The van der Waals surface area contributed by atoms with Crippen molar-refractivity contribution in [3.8, 4) is 0 Å². The van der Waals surface area contributed by atoms with Crippen molar-refractivity contribution in [1.82, 2.24) is 10.2 Å². The topological polar surface area (TPSA) is 58.6 Å². The van der Waals surface area contributed by atoms with Crippen LogP contribution in [-0.4, -0.2) is 42.6 Å². The average molecular weight is 396 g/mol. The van der Waals surface area contributed by atoms with Gasteiger partial charge in [0.25, 0.3) is 5.91 Å². The zero-order valence-corrected chi connectivity index (χ0v) is 15.9. The Hall–Kier alpha value is -2.51. The summed E-state index contributed by atoms with van der Waals surface area (Å²) in [6, 6.07) is 5.91. The number of alkyl halides is 3. The van der Waals surface area contributed by atoms with E-state index in [-0.39, 0.29) is 23.4 Å². The van der Waals surface area contributed by atoms with E-state index in [0.29, 0.717) is 13.1 Å². The van der Waals surface area contributed by atoms with Gasteiger partial charge in [0, 0.05) is 25.2 Å². The first kappa shape index (κ1) is 20.2. The first-order valence-corrected chi connectivity index (χ1v) is 9.31. The number of nitrogens with one attached hydrogen (secondary N) is 1. The normalized spacial score (nSPS) is 23.0. The second-order valence-corrected chi connectivity index (χ2v) is 7.14. The molecule has 1 atom stereocenters. The third kappa shape index (κ3) is 3.47. The van der Waals surface area contributed by atoms with Crippen molar-refractivity contribution in [3.63, 3.8) is 0 Å². The fourth-order valence-electron chi connectivity index (χ4n) is 3.79. The molecular formula is C20H23F3N2O3. The Morgan fingerprint density at radius 1 is 1.21 bits per heavy atom. The van der Waals surface area contributed by atoms with Crippen LogP contribution in [0.3, 0.4) is 0 Å². The largest absolute Gasteiger partial charge is 0.462 e. The highest BCUT2D eigenvalue weighted by Crippen LogP contribution is 2.47. The maximum Gasteiger partial charge on any atom is 0.416 e. The van der Waals surface area contributed by atoms with Crippen LogP contribution in [0.5, 0.6) is 0 Å². The van der Waals surface area contributed by atoms with E-state index in [9.17, 15) is 22.8 Å². The van der Waals surface area contributed by atoms with Crippen molar-refractivity contribution in [2.45, 2.75) is 44.8 Å². The predicted octanol–water partition coefficient (Wildman–Crippen LogP) is 3.19. The molecule has 0 bridgehead atoms. The third-order valence-corrected chi connectivity index (χ3v) is 5.27. The molecule has 0 spiro atoms. The van der Waals surface area contributed by atoms with Crippen LogP contribution >= 0.6 is 0 Å². The Kier molecular flexibility index (Phi) is 5.41. The molecule has 28 heavy (non-hydrogen) atoms. The van der Waals surface area contributed by atoms with Gasteiger partial charge in [0.05, 0.1) is 6.61 Å². The Morgan fingerprint density at radius 2 is 1.82 bits per heavy atom. The van der Waals surface area contributed by atoms with Crippen LogP contribution in [0.2, 0.25) is 0 Å². The number of likely N-dealkylation sites (tertiary alicyclic amines) is 1. The summed E-state index contributed by atoms with van der Waals surface area (Å²) < 4.78 is 47.9. The third-order valence-electron chi connectivity index (χ3n) is 5.27. The number of rotatable bonds is 4. The highest BCUT2D eigenvalue weighted by Gasteiger charge is 2.60. The molecule has 0 unspecified atom stereocenters. The van der Waals surface area contributed by atoms with Crippen molar-refractivity contribution < 1.29 is 27.5 Å².